The molecule has 0 fully saturated rings. The Morgan fingerprint density at radius 3 is 2.57 bits per heavy atom. The summed E-state index contributed by atoms with van der Waals surface area (Å²) >= 11 is 7.32. The Morgan fingerprint density at radius 2 is 1.87 bits per heavy atom. The topological polar surface area (TPSA) is 115 Å². The fraction of sp³-hybridized carbons (Fsp3) is 0.0455. The van der Waals surface area contributed by atoms with Crippen LogP contribution in [0.5, 0.6) is 5.75 Å². The van der Waals surface area contributed by atoms with Crippen LogP contribution in [0.2, 0.25) is 5.02 Å². The number of halogens is 1. The number of anilines is 2. The van der Waals surface area contributed by atoms with E-state index in [1.54, 1.807) is 36.4 Å². The number of para-hydroxylation sites is 1. The molecule has 0 saturated heterocycles. The number of hydrogen-bond acceptors (Lipinski definition) is 7. The van der Waals surface area contributed by atoms with Crippen molar-refractivity contribution >= 4 is 50.4 Å². The molecule has 4 aromatic rings. The van der Waals surface area contributed by atoms with Crippen LogP contribution < -0.4 is 16.2 Å². The summed E-state index contributed by atoms with van der Waals surface area (Å²) in [6.07, 6.45) is 0. The van der Waals surface area contributed by atoms with Gasteiger partial charge in [-0.15, -0.1) is 11.3 Å². The first kappa shape index (κ1) is 19.7. The molecule has 0 unspecified atom stereocenters. The molecule has 30 heavy (non-hydrogen) atoms. The van der Waals surface area contributed by atoms with Crippen LogP contribution >= 0.6 is 22.9 Å². The second kappa shape index (κ2) is 7.67. The number of nitrogen functional groups attached to an aromatic ring is 2. The number of ketones is 1. The van der Waals surface area contributed by atoms with Crippen molar-refractivity contribution in [2.75, 3.05) is 18.6 Å². The van der Waals surface area contributed by atoms with Crippen LogP contribution in [0, 0.1) is 11.3 Å². The zero-order valence-corrected chi connectivity index (χ0v) is 17.3. The number of thiophene rings is 1. The van der Waals surface area contributed by atoms with Crippen LogP contribution in [-0.4, -0.2) is 17.9 Å². The number of rotatable bonds is 4. The van der Waals surface area contributed by atoms with E-state index in [-0.39, 0.29) is 27.7 Å². The second-order valence-corrected chi connectivity index (χ2v) is 7.80. The summed E-state index contributed by atoms with van der Waals surface area (Å²) in [4.78, 5) is 18.2. The first-order valence-corrected chi connectivity index (χ1v) is 10.0. The molecule has 2 aromatic heterocycles. The molecule has 0 saturated carbocycles. The van der Waals surface area contributed by atoms with Gasteiger partial charge in [-0.05, 0) is 18.2 Å². The monoisotopic (exact) mass is 434 g/mol. The third-order valence-corrected chi connectivity index (χ3v) is 6.15. The second-order valence-electron chi connectivity index (χ2n) is 6.39. The van der Waals surface area contributed by atoms with Crippen LogP contribution in [0.3, 0.4) is 0 Å². The number of aromatic nitrogens is 1. The van der Waals surface area contributed by atoms with Crippen LogP contribution in [-0.2, 0) is 0 Å². The van der Waals surface area contributed by atoms with Gasteiger partial charge < -0.3 is 16.2 Å². The highest BCUT2D eigenvalue weighted by Crippen LogP contribution is 2.45. The Kier molecular flexibility index (Phi) is 5.04. The minimum absolute atomic E-state index is 0.0592. The van der Waals surface area contributed by atoms with E-state index < -0.39 is 0 Å². The molecule has 4 rings (SSSR count). The zero-order valence-electron chi connectivity index (χ0n) is 15.8. The maximum absolute atomic E-state index is 13.2. The molecule has 0 bridgehead atoms. The Morgan fingerprint density at radius 1 is 1.17 bits per heavy atom. The van der Waals surface area contributed by atoms with E-state index in [9.17, 15) is 10.1 Å². The number of methoxy groups -OCH3 is 1. The molecule has 0 aliphatic rings. The molecule has 2 aromatic carbocycles. The maximum Gasteiger partial charge on any atom is 0.206 e. The zero-order chi connectivity index (χ0) is 21.4. The molecule has 0 atom stereocenters. The summed E-state index contributed by atoms with van der Waals surface area (Å²) in [6.45, 7) is 0. The van der Waals surface area contributed by atoms with Gasteiger partial charge in [-0.1, -0.05) is 41.9 Å². The van der Waals surface area contributed by atoms with Crippen molar-refractivity contribution in [2.24, 2.45) is 0 Å². The average Bonchev–Trinajstić information content (AvgIpc) is 3.08. The molecular formula is C22H15ClN4O2S. The number of fused-ring (bicyclic) bond motifs is 1. The smallest absolute Gasteiger partial charge is 0.206 e. The van der Waals surface area contributed by atoms with Gasteiger partial charge in [0.15, 0.2) is 0 Å². The molecule has 2 heterocycles. The fourth-order valence-corrected chi connectivity index (χ4v) is 4.63. The highest BCUT2D eigenvalue weighted by atomic mass is 35.5. The predicted molar refractivity (Wildman–Crippen MR) is 120 cm³/mol. The van der Waals surface area contributed by atoms with Gasteiger partial charge in [-0.25, -0.2) is 4.98 Å². The third-order valence-electron chi connectivity index (χ3n) is 4.72. The fourth-order valence-electron chi connectivity index (χ4n) is 3.34. The van der Waals surface area contributed by atoms with Gasteiger partial charge in [0.05, 0.1) is 17.8 Å². The molecule has 0 radical (unpaired) electrons. The van der Waals surface area contributed by atoms with Crippen molar-refractivity contribution < 1.29 is 9.53 Å². The molecule has 0 spiro atoms. The van der Waals surface area contributed by atoms with Crippen LogP contribution in [0.4, 0.5) is 11.5 Å². The number of nitrogens with two attached hydrogens (primary N) is 2. The lowest BCUT2D eigenvalue weighted by Gasteiger charge is -2.13. The molecule has 148 valence electrons. The van der Waals surface area contributed by atoms with Crippen molar-refractivity contribution in [1.82, 2.24) is 4.98 Å². The minimum atomic E-state index is -0.316. The maximum atomic E-state index is 13.2. The van der Waals surface area contributed by atoms with E-state index in [1.807, 2.05) is 12.1 Å². The molecule has 4 N–H and O–H groups in total. The van der Waals surface area contributed by atoms with Gasteiger partial charge in [-0.3, -0.25) is 4.79 Å². The Bertz CT molecular complexity index is 1360. The van der Waals surface area contributed by atoms with Crippen molar-refractivity contribution in [3.63, 3.8) is 0 Å². The predicted octanol–water partition coefficient (Wildman–Crippen LogP) is 4.89. The first-order chi connectivity index (χ1) is 14.5. The lowest BCUT2D eigenvalue weighted by Crippen LogP contribution is -2.03. The average molecular weight is 435 g/mol. The molecule has 6 nitrogen and oxygen atoms in total. The van der Waals surface area contributed by atoms with Gasteiger partial charge in [0.1, 0.15) is 32.9 Å². The molecular weight excluding hydrogens is 420 g/mol. The number of ether oxygens (including phenoxy) is 1. The van der Waals surface area contributed by atoms with E-state index in [2.05, 4.69) is 11.1 Å². The molecule has 0 amide bonds. The lowest BCUT2D eigenvalue weighted by atomic mass is 9.96. The summed E-state index contributed by atoms with van der Waals surface area (Å²) in [5, 5.41) is 10.6. The van der Waals surface area contributed by atoms with E-state index in [0.717, 1.165) is 11.3 Å². The van der Waals surface area contributed by atoms with Gasteiger partial charge in [0.25, 0.3) is 0 Å². The minimum Gasteiger partial charge on any atom is -0.496 e. The largest absolute Gasteiger partial charge is 0.496 e. The number of hydrogen-bond donors (Lipinski definition) is 2. The number of nitrogens with zero attached hydrogens (tertiary/aromatic N) is 2. The number of pyridine rings is 1. The van der Waals surface area contributed by atoms with E-state index in [0.29, 0.717) is 37.7 Å². The van der Waals surface area contributed by atoms with Gasteiger partial charge in [0.2, 0.25) is 5.78 Å². The molecule has 0 aliphatic heterocycles. The number of nitriles is 1. The standard InChI is InChI=1S/C22H15ClN4O2S/c1-29-15-9-5-3-7-12(15)16-13(10-24)21(26)27-22-17(16)18(25)20(30-22)19(28)11-6-2-4-8-14(11)23/h2-9H,25H2,1H3,(H2,26,27). The number of carbonyl (C=O) groups excluding carboxylic acids is 1. The summed E-state index contributed by atoms with van der Waals surface area (Å²) in [5.74, 6) is 0.290. The van der Waals surface area contributed by atoms with Gasteiger partial charge in [0, 0.05) is 22.1 Å². The lowest BCUT2D eigenvalue weighted by molar-refractivity contribution is 0.104. The van der Waals surface area contributed by atoms with Gasteiger partial charge in [-0.2, -0.15) is 5.26 Å². The number of benzene rings is 2. The van der Waals surface area contributed by atoms with Crippen molar-refractivity contribution in [2.45, 2.75) is 0 Å². The molecule has 0 aliphatic carbocycles. The third kappa shape index (κ3) is 3.03. The van der Waals surface area contributed by atoms with Crippen LogP contribution in [0.25, 0.3) is 21.3 Å². The highest BCUT2D eigenvalue weighted by Gasteiger charge is 2.26. The van der Waals surface area contributed by atoms with Gasteiger partial charge >= 0.3 is 0 Å². The molecule has 8 heteroatoms. The Labute approximate surface area is 181 Å². The number of carbonyl (C=O) groups is 1. The Hall–Kier alpha value is -3.60. The van der Waals surface area contributed by atoms with Crippen LogP contribution in [0.1, 0.15) is 20.8 Å². The summed E-state index contributed by atoms with van der Waals surface area (Å²) in [5.41, 5.74) is 14.4. The summed E-state index contributed by atoms with van der Waals surface area (Å²) in [6, 6.07) is 16.1. The highest BCUT2D eigenvalue weighted by molar-refractivity contribution is 7.21. The normalized spacial score (nSPS) is 10.7. The summed E-state index contributed by atoms with van der Waals surface area (Å²) < 4.78 is 5.47. The SMILES string of the molecule is COc1ccccc1-c1c(C#N)c(N)nc2sc(C(=O)c3ccccc3Cl)c(N)c12. The van der Waals surface area contributed by atoms with Crippen LogP contribution in [0.15, 0.2) is 48.5 Å². The quantitative estimate of drug-likeness (QED) is 0.442. The van der Waals surface area contributed by atoms with E-state index in [1.165, 1.54) is 7.11 Å². The summed E-state index contributed by atoms with van der Waals surface area (Å²) in [7, 11) is 1.54. The van der Waals surface area contributed by atoms with Crippen molar-refractivity contribution in [3.8, 4) is 22.9 Å². The van der Waals surface area contributed by atoms with Crippen molar-refractivity contribution in [3.05, 3.63) is 69.6 Å². The Balaban J connectivity index is 2.07. The van der Waals surface area contributed by atoms with E-state index in [4.69, 9.17) is 27.8 Å². The first-order valence-electron chi connectivity index (χ1n) is 8.82. The van der Waals surface area contributed by atoms with E-state index >= 15 is 0 Å². The van der Waals surface area contributed by atoms with Crippen molar-refractivity contribution in [1.29, 1.82) is 5.26 Å².